The molecule has 1 amide bonds. The largest absolute Gasteiger partial charge is 0.310 e. The molecule has 16 heavy (non-hydrogen) atoms. The molecule has 1 aliphatic carbocycles. The Balaban J connectivity index is 1.73. The standard InChI is InChI=1S/C11H14ClN3O/c12-9-2-1-3-10(14-9)15-11(16)7-13-6-8-4-5-8/h1-3,8,13H,4-7H2,(H,14,15,16). The summed E-state index contributed by atoms with van der Waals surface area (Å²) < 4.78 is 0. The van der Waals surface area contributed by atoms with Crippen molar-refractivity contribution in [1.29, 1.82) is 0 Å². The van der Waals surface area contributed by atoms with Crippen molar-refractivity contribution < 1.29 is 4.79 Å². The summed E-state index contributed by atoms with van der Waals surface area (Å²) in [6.07, 6.45) is 2.56. The van der Waals surface area contributed by atoms with E-state index in [1.165, 1.54) is 12.8 Å². The molecule has 0 atom stereocenters. The lowest BCUT2D eigenvalue weighted by Gasteiger charge is -2.05. The summed E-state index contributed by atoms with van der Waals surface area (Å²) >= 11 is 5.70. The molecule has 1 saturated carbocycles. The van der Waals surface area contributed by atoms with Crippen LogP contribution in [0.15, 0.2) is 18.2 Å². The molecule has 2 rings (SSSR count). The van der Waals surface area contributed by atoms with Crippen molar-refractivity contribution in [1.82, 2.24) is 10.3 Å². The number of hydrogen-bond acceptors (Lipinski definition) is 3. The second kappa shape index (κ2) is 5.27. The molecule has 1 aromatic rings. The van der Waals surface area contributed by atoms with Crippen LogP contribution in [0, 0.1) is 5.92 Å². The number of hydrogen-bond donors (Lipinski definition) is 2. The van der Waals surface area contributed by atoms with Gasteiger partial charge in [-0.25, -0.2) is 4.98 Å². The van der Waals surface area contributed by atoms with Gasteiger partial charge in [0.05, 0.1) is 6.54 Å². The smallest absolute Gasteiger partial charge is 0.239 e. The predicted octanol–water partition coefficient (Wildman–Crippen LogP) is 1.67. The molecule has 0 saturated heterocycles. The third-order valence-electron chi connectivity index (χ3n) is 2.40. The maximum absolute atomic E-state index is 11.5. The van der Waals surface area contributed by atoms with E-state index in [-0.39, 0.29) is 5.91 Å². The van der Waals surface area contributed by atoms with Gasteiger partial charge in [-0.2, -0.15) is 0 Å². The number of nitrogens with zero attached hydrogens (tertiary/aromatic N) is 1. The maximum Gasteiger partial charge on any atom is 0.239 e. The first-order chi connectivity index (χ1) is 7.74. The van der Waals surface area contributed by atoms with Crippen LogP contribution in [0.4, 0.5) is 5.82 Å². The van der Waals surface area contributed by atoms with E-state index < -0.39 is 0 Å². The van der Waals surface area contributed by atoms with Crippen molar-refractivity contribution in [2.75, 3.05) is 18.4 Å². The summed E-state index contributed by atoms with van der Waals surface area (Å²) in [7, 11) is 0. The minimum atomic E-state index is -0.0876. The second-order valence-electron chi connectivity index (χ2n) is 3.97. The first-order valence-electron chi connectivity index (χ1n) is 5.37. The molecule has 0 unspecified atom stereocenters. The number of amides is 1. The van der Waals surface area contributed by atoms with Gasteiger partial charge >= 0.3 is 0 Å². The van der Waals surface area contributed by atoms with Crippen molar-refractivity contribution in [3.8, 4) is 0 Å². The molecule has 0 spiro atoms. The Bertz CT molecular complexity index is 379. The van der Waals surface area contributed by atoms with Gasteiger partial charge in [0.15, 0.2) is 0 Å². The van der Waals surface area contributed by atoms with Gasteiger partial charge in [0.25, 0.3) is 0 Å². The average molecular weight is 240 g/mol. The van der Waals surface area contributed by atoms with Crippen molar-refractivity contribution >= 4 is 23.3 Å². The highest BCUT2D eigenvalue weighted by atomic mass is 35.5. The van der Waals surface area contributed by atoms with Crippen LogP contribution in [0.25, 0.3) is 0 Å². The van der Waals surface area contributed by atoms with E-state index in [9.17, 15) is 4.79 Å². The van der Waals surface area contributed by atoms with Gasteiger partial charge in [-0.1, -0.05) is 17.7 Å². The summed E-state index contributed by atoms with van der Waals surface area (Å²) in [5.41, 5.74) is 0. The molecule has 86 valence electrons. The average Bonchev–Trinajstić information content (AvgIpc) is 3.01. The molecule has 5 heteroatoms. The molecular weight excluding hydrogens is 226 g/mol. The van der Waals surface area contributed by atoms with Crippen LogP contribution >= 0.6 is 11.6 Å². The third-order valence-corrected chi connectivity index (χ3v) is 2.61. The fourth-order valence-corrected chi connectivity index (χ4v) is 1.54. The zero-order chi connectivity index (χ0) is 11.4. The normalized spacial score (nSPS) is 14.8. The Morgan fingerprint density at radius 1 is 1.50 bits per heavy atom. The van der Waals surface area contributed by atoms with Crippen LogP contribution in [-0.4, -0.2) is 24.0 Å². The van der Waals surface area contributed by atoms with Crippen LogP contribution in [-0.2, 0) is 4.79 Å². The lowest BCUT2D eigenvalue weighted by atomic mass is 10.4. The van der Waals surface area contributed by atoms with Crippen LogP contribution < -0.4 is 10.6 Å². The maximum atomic E-state index is 11.5. The fourth-order valence-electron chi connectivity index (χ4n) is 1.38. The SMILES string of the molecule is O=C(CNCC1CC1)Nc1cccc(Cl)n1. The zero-order valence-electron chi connectivity index (χ0n) is 8.87. The number of anilines is 1. The molecule has 4 nitrogen and oxygen atoms in total. The highest BCUT2D eigenvalue weighted by Gasteiger charge is 2.20. The summed E-state index contributed by atoms with van der Waals surface area (Å²) in [6, 6.07) is 5.13. The lowest BCUT2D eigenvalue weighted by Crippen LogP contribution is -2.29. The van der Waals surface area contributed by atoms with Crippen molar-refractivity contribution in [3.05, 3.63) is 23.4 Å². The molecule has 0 aliphatic heterocycles. The number of carbonyl (C=O) groups excluding carboxylic acids is 1. The third kappa shape index (κ3) is 3.79. The quantitative estimate of drug-likeness (QED) is 0.769. The topological polar surface area (TPSA) is 54.0 Å². The van der Waals surface area contributed by atoms with Crippen LogP contribution in [0.3, 0.4) is 0 Å². The van der Waals surface area contributed by atoms with E-state index in [0.29, 0.717) is 17.5 Å². The van der Waals surface area contributed by atoms with E-state index in [1.54, 1.807) is 18.2 Å². The Morgan fingerprint density at radius 2 is 2.31 bits per heavy atom. The molecular formula is C11H14ClN3O. The summed E-state index contributed by atoms with van der Waals surface area (Å²) in [6.45, 7) is 1.25. The minimum Gasteiger partial charge on any atom is -0.310 e. The lowest BCUT2D eigenvalue weighted by molar-refractivity contribution is -0.115. The predicted molar refractivity (Wildman–Crippen MR) is 63.5 cm³/mol. The highest BCUT2D eigenvalue weighted by molar-refractivity contribution is 6.29. The van der Waals surface area contributed by atoms with Crippen molar-refractivity contribution in [2.45, 2.75) is 12.8 Å². The number of carbonyl (C=O) groups is 1. The number of halogens is 1. The number of aromatic nitrogens is 1. The zero-order valence-corrected chi connectivity index (χ0v) is 9.63. The molecule has 1 aliphatic rings. The van der Waals surface area contributed by atoms with Gasteiger partial charge in [0, 0.05) is 0 Å². The Labute approximate surface area is 99.4 Å². The van der Waals surface area contributed by atoms with Crippen molar-refractivity contribution in [2.24, 2.45) is 5.92 Å². The molecule has 0 radical (unpaired) electrons. The van der Waals surface area contributed by atoms with Crippen LogP contribution in [0.5, 0.6) is 0 Å². The van der Waals surface area contributed by atoms with E-state index >= 15 is 0 Å². The number of rotatable bonds is 5. The molecule has 1 fully saturated rings. The summed E-state index contributed by atoms with van der Waals surface area (Å²) in [5.74, 6) is 1.18. The first kappa shape index (κ1) is 11.4. The van der Waals surface area contributed by atoms with Gasteiger partial charge in [-0.15, -0.1) is 0 Å². The first-order valence-corrected chi connectivity index (χ1v) is 5.75. The minimum absolute atomic E-state index is 0.0876. The Hall–Kier alpha value is -1.13. The van der Waals surface area contributed by atoms with Gasteiger partial charge in [-0.05, 0) is 37.4 Å². The molecule has 1 heterocycles. The fraction of sp³-hybridized carbons (Fsp3) is 0.455. The van der Waals surface area contributed by atoms with Gasteiger partial charge in [-0.3, -0.25) is 4.79 Å². The van der Waals surface area contributed by atoms with Gasteiger partial charge in [0.1, 0.15) is 11.0 Å². The van der Waals surface area contributed by atoms with Crippen molar-refractivity contribution in [3.63, 3.8) is 0 Å². The van der Waals surface area contributed by atoms with Crippen LogP contribution in [0.2, 0.25) is 5.15 Å². The summed E-state index contributed by atoms with van der Waals surface area (Å²) in [5, 5.41) is 6.17. The Morgan fingerprint density at radius 3 is 3.00 bits per heavy atom. The molecule has 2 N–H and O–H groups in total. The van der Waals surface area contributed by atoms with Crippen LogP contribution in [0.1, 0.15) is 12.8 Å². The van der Waals surface area contributed by atoms with E-state index in [1.807, 2.05) is 0 Å². The van der Waals surface area contributed by atoms with E-state index in [0.717, 1.165) is 12.5 Å². The second-order valence-corrected chi connectivity index (χ2v) is 4.36. The highest BCUT2D eigenvalue weighted by Crippen LogP contribution is 2.27. The van der Waals surface area contributed by atoms with E-state index in [4.69, 9.17) is 11.6 Å². The molecule has 0 aromatic carbocycles. The monoisotopic (exact) mass is 239 g/mol. The molecule has 1 aromatic heterocycles. The number of nitrogens with one attached hydrogen (secondary N) is 2. The van der Waals surface area contributed by atoms with E-state index in [2.05, 4.69) is 15.6 Å². The van der Waals surface area contributed by atoms with Gasteiger partial charge in [0.2, 0.25) is 5.91 Å². The summed E-state index contributed by atoms with van der Waals surface area (Å²) in [4.78, 5) is 15.4. The number of pyridine rings is 1. The Kier molecular flexibility index (Phi) is 3.74. The molecule has 0 bridgehead atoms. The van der Waals surface area contributed by atoms with Gasteiger partial charge < -0.3 is 10.6 Å².